The van der Waals surface area contributed by atoms with E-state index in [0.717, 1.165) is 43.0 Å². The molecule has 0 bridgehead atoms. The summed E-state index contributed by atoms with van der Waals surface area (Å²) in [6, 6.07) is 26.3. The zero-order chi connectivity index (χ0) is 28.8. The summed E-state index contributed by atoms with van der Waals surface area (Å²) in [7, 11) is 0. The van der Waals surface area contributed by atoms with Crippen molar-refractivity contribution < 1.29 is 14.3 Å². The van der Waals surface area contributed by atoms with Crippen LogP contribution in [0.1, 0.15) is 60.8 Å². The minimum absolute atomic E-state index is 0.302. The van der Waals surface area contributed by atoms with Gasteiger partial charge >= 0.3 is 6.09 Å². The number of H-pyrrole nitrogens is 1. The van der Waals surface area contributed by atoms with Gasteiger partial charge in [0, 0.05) is 54.9 Å². The van der Waals surface area contributed by atoms with Crippen LogP contribution in [0.5, 0.6) is 0 Å². The average Bonchev–Trinajstić information content (AvgIpc) is 3.38. The average molecular weight is 551 g/mol. The van der Waals surface area contributed by atoms with Crippen molar-refractivity contribution >= 4 is 12.0 Å². The Balaban J connectivity index is 1.35. The van der Waals surface area contributed by atoms with E-state index in [1.807, 2.05) is 51.1 Å². The van der Waals surface area contributed by atoms with Crippen molar-refractivity contribution in [3.63, 3.8) is 0 Å². The van der Waals surface area contributed by atoms with E-state index in [1.165, 1.54) is 16.0 Å². The molecule has 1 unspecified atom stereocenters. The second kappa shape index (κ2) is 12.5. The van der Waals surface area contributed by atoms with Gasteiger partial charge in [-0.3, -0.25) is 14.7 Å². The molecule has 7 nitrogen and oxygen atoms in total. The smallest absolute Gasteiger partial charge is 0.417 e. The number of ether oxygens (including phenoxy) is 1. The van der Waals surface area contributed by atoms with Crippen molar-refractivity contribution in [1.29, 1.82) is 0 Å². The molecule has 1 atom stereocenters. The van der Waals surface area contributed by atoms with E-state index in [2.05, 4.69) is 63.4 Å². The molecule has 0 saturated carbocycles. The molecule has 2 aromatic heterocycles. The number of rotatable bonds is 9. The van der Waals surface area contributed by atoms with Crippen LogP contribution in [0.15, 0.2) is 91.3 Å². The predicted octanol–water partition coefficient (Wildman–Crippen LogP) is 6.86. The predicted molar refractivity (Wildman–Crippen MR) is 160 cm³/mol. The third-order valence-corrected chi connectivity index (χ3v) is 7.24. The topological polar surface area (TPSA) is 78.5 Å². The maximum atomic E-state index is 13.8. The fourth-order valence-corrected chi connectivity index (χ4v) is 5.38. The number of fused-ring (bicyclic) bond motifs is 1. The van der Waals surface area contributed by atoms with E-state index in [9.17, 15) is 9.59 Å². The standard InChI is InChI=1S/C34H38N4O3/c1-34(2,3)41-33(40)38-28(21-31-29(32(38)39)22-30(36-31)27-16-18-35-19-17-27)15-10-20-37(23-25-11-6-4-7-12-25)24-26-13-8-5-9-14-26/h4-9,11-14,16-19,22,28,36H,10,15,20-21,23-24H2,1-3H3. The molecule has 4 aromatic rings. The maximum absolute atomic E-state index is 13.8. The lowest BCUT2D eigenvalue weighted by Gasteiger charge is -2.35. The molecule has 1 aliphatic heterocycles. The van der Waals surface area contributed by atoms with Crippen LogP contribution >= 0.6 is 0 Å². The van der Waals surface area contributed by atoms with Gasteiger partial charge in [-0.1, -0.05) is 60.7 Å². The van der Waals surface area contributed by atoms with Crippen molar-refractivity contribution in [3.05, 3.63) is 114 Å². The number of hydrogen-bond acceptors (Lipinski definition) is 5. The number of nitrogens with one attached hydrogen (secondary N) is 1. The number of imide groups is 1. The van der Waals surface area contributed by atoms with E-state index in [0.29, 0.717) is 18.4 Å². The van der Waals surface area contributed by atoms with Crippen molar-refractivity contribution in [2.45, 2.75) is 64.8 Å². The minimum atomic E-state index is -0.704. The van der Waals surface area contributed by atoms with Gasteiger partial charge in [-0.15, -0.1) is 0 Å². The summed E-state index contributed by atoms with van der Waals surface area (Å²) in [6.07, 6.45) is 4.92. The van der Waals surface area contributed by atoms with Crippen LogP contribution in [-0.2, 0) is 24.2 Å². The molecule has 7 heteroatoms. The van der Waals surface area contributed by atoms with Crippen LogP contribution < -0.4 is 0 Å². The first kappa shape index (κ1) is 28.3. The highest BCUT2D eigenvalue weighted by Gasteiger charge is 2.40. The summed E-state index contributed by atoms with van der Waals surface area (Å²) < 4.78 is 5.71. The van der Waals surface area contributed by atoms with E-state index in [-0.39, 0.29) is 11.9 Å². The molecule has 3 heterocycles. The normalized spacial score (nSPS) is 15.2. The molecule has 1 aliphatic rings. The lowest BCUT2D eigenvalue weighted by atomic mass is 9.96. The van der Waals surface area contributed by atoms with E-state index in [4.69, 9.17) is 4.74 Å². The monoisotopic (exact) mass is 550 g/mol. The van der Waals surface area contributed by atoms with Crippen LogP contribution in [0.4, 0.5) is 4.79 Å². The van der Waals surface area contributed by atoms with Gasteiger partial charge in [0.2, 0.25) is 0 Å². The summed E-state index contributed by atoms with van der Waals surface area (Å²) in [5.41, 5.74) is 4.97. The van der Waals surface area contributed by atoms with Gasteiger partial charge in [-0.25, -0.2) is 9.69 Å². The van der Waals surface area contributed by atoms with Crippen LogP contribution in [0, 0.1) is 0 Å². The van der Waals surface area contributed by atoms with Gasteiger partial charge in [0.25, 0.3) is 5.91 Å². The zero-order valence-electron chi connectivity index (χ0n) is 24.0. The summed E-state index contributed by atoms with van der Waals surface area (Å²) >= 11 is 0. The number of aromatic amines is 1. The first-order chi connectivity index (χ1) is 19.8. The van der Waals surface area contributed by atoms with Crippen molar-refractivity contribution in [3.8, 4) is 11.3 Å². The lowest BCUT2D eigenvalue weighted by molar-refractivity contribution is 0.0138. The zero-order valence-corrected chi connectivity index (χ0v) is 24.0. The number of carbonyl (C=O) groups excluding carboxylic acids is 2. The molecule has 212 valence electrons. The first-order valence-corrected chi connectivity index (χ1v) is 14.3. The third kappa shape index (κ3) is 7.30. The number of nitrogens with zero attached hydrogens (tertiary/aromatic N) is 3. The lowest BCUT2D eigenvalue weighted by Crippen LogP contribution is -2.50. The number of amides is 2. The molecule has 0 saturated heterocycles. The van der Waals surface area contributed by atoms with Gasteiger partial charge in [-0.05, 0) is 69.5 Å². The highest BCUT2D eigenvalue weighted by atomic mass is 16.6. The Bertz CT molecular complexity index is 1400. The fraction of sp³-hybridized carbons (Fsp3) is 0.324. The van der Waals surface area contributed by atoms with Crippen molar-refractivity contribution in [2.24, 2.45) is 0 Å². The SMILES string of the molecule is CC(C)(C)OC(=O)N1C(=O)c2cc(-c3ccncc3)[nH]c2CC1CCCN(Cc1ccccc1)Cc1ccccc1. The summed E-state index contributed by atoms with van der Waals surface area (Å²) in [4.78, 5) is 38.4. The molecule has 0 fully saturated rings. The van der Waals surface area contributed by atoms with Gasteiger partial charge in [0.1, 0.15) is 5.60 Å². The Labute approximate surface area is 242 Å². The third-order valence-electron chi connectivity index (χ3n) is 7.24. The molecule has 1 N–H and O–H groups in total. The Morgan fingerprint density at radius 2 is 1.59 bits per heavy atom. The Hall–Kier alpha value is -4.23. The van der Waals surface area contributed by atoms with Crippen LogP contribution in [-0.4, -0.2) is 50.0 Å². The maximum Gasteiger partial charge on any atom is 0.417 e. The Morgan fingerprint density at radius 3 is 2.17 bits per heavy atom. The first-order valence-electron chi connectivity index (χ1n) is 14.3. The highest BCUT2D eigenvalue weighted by Crippen LogP contribution is 2.31. The largest absolute Gasteiger partial charge is 0.443 e. The molecule has 5 rings (SSSR count). The molecule has 41 heavy (non-hydrogen) atoms. The Morgan fingerprint density at radius 1 is 0.976 bits per heavy atom. The summed E-state index contributed by atoms with van der Waals surface area (Å²) in [5, 5.41) is 0. The molecule has 2 amide bonds. The van der Waals surface area contributed by atoms with Gasteiger partial charge in [-0.2, -0.15) is 0 Å². The molecule has 0 aliphatic carbocycles. The number of aromatic nitrogens is 2. The van der Waals surface area contributed by atoms with Crippen LogP contribution in [0.25, 0.3) is 11.3 Å². The Kier molecular flexibility index (Phi) is 8.64. The number of carbonyl (C=O) groups is 2. The van der Waals surface area contributed by atoms with Gasteiger partial charge in [0.05, 0.1) is 5.56 Å². The van der Waals surface area contributed by atoms with Crippen molar-refractivity contribution in [2.75, 3.05) is 6.54 Å². The quantitative estimate of drug-likeness (QED) is 0.246. The second-order valence-electron chi connectivity index (χ2n) is 11.6. The van der Waals surface area contributed by atoms with Gasteiger partial charge < -0.3 is 9.72 Å². The summed E-state index contributed by atoms with van der Waals surface area (Å²) in [5.74, 6) is -0.313. The van der Waals surface area contributed by atoms with E-state index in [1.54, 1.807) is 12.4 Å². The van der Waals surface area contributed by atoms with E-state index >= 15 is 0 Å². The highest BCUT2D eigenvalue weighted by molar-refractivity contribution is 6.05. The molecule has 0 spiro atoms. The number of hydrogen-bond donors (Lipinski definition) is 1. The minimum Gasteiger partial charge on any atom is -0.443 e. The van der Waals surface area contributed by atoms with Crippen molar-refractivity contribution in [1.82, 2.24) is 19.8 Å². The second-order valence-corrected chi connectivity index (χ2v) is 11.6. The summed E-state index contributed by atoms with van der Waals surface area (Å²) in [6.45, 7) is 7.95. The van der Waals surface area contributed by atoms with Gasteiger partial charge in [0.15, 0.2) is 0 Å². The fourth-order valence-electron chi connectivity index (χ4n) is 5.38. The number of benzene rings is 2. The molecular weight excluding hydrogens is 512 g/mol. The van der Waals surface area contributed by atoms with E-state index < -0.39 is 11.7 Å². The van der Waals surface area contributed by atoms with Crippen LogP contribution in [0.2, 0.25) is 0 Å². The molecule has 2 aromatic carbocycles. The molecular formula is C34H38N4O3. The molecule has 0 radical (unpaired) electrons. The number of pyridine rings is 1. The van der Waals surface area contributed by atoms with Crippen LogP contribution in [0.3, 0.4) is 0 Å².